The van der Waals surface area contributed by atoms with Gasteiger partial charge in [-0.25, -0.2) is 0 Å². The predicted molar refractivity (Wildman–Crippen MR) is 51.4 cm³/mol. The van der Waals surface area contributed by atoms with Crippen LogP contribution in [0.3, 0.4) is 0 Å². The topological polar surface area (TPSA) is 63.3 Å². The van der Waals surface area contributed by atoms with Crippen molar-refractivity contribution < 1.29 is 9.90 Å². The molecule has 1 saturated carbocycles. The lowest BCUT2D eigenvalue weighted by molar-refractivity contribution is -0.137. The van der Waals surface area contributed by atoms with Gasteiger partial charge in [0, 0.05) is 6.04 Å². The lowest BCUT2D eigenvalue weighted by atomic mass is 9.79. The first-order chi connectivity index (χ1) is 6.09. The summed E-state index contributed by atoms with van der Waals surface area (Å²) in [5, 5.41) is 8.59. The molecule has 3 N–H and O–H groups in total. The van der Waals surface area contributed by atoms with Crippen LogP contribution in [0.15, 0.2) is 0 Å². The SMILES string of the molecule is CC1CCC([C@@H](N)CC(=O)O)CC1. The lowest BCUT2D eigenvalue weighted by Gasteiger charge is -2.29. The molecule has 0 bridgehead atoms. The van der Waals surface area contributed by atoms with Gasteiger partial charge in [0.25, 0.3) is 0 Å². The van der Waals surface area contributed by atoms with Gasteiger partial charge in [-0.2, -0.15) is 0 Å². The van der Waals surface area contributed by atoms with Gasteiger partial charge in [0.15, 0.2) is 0 Å². The average molecular weight is 185 g/mol. The minimum Gasteiger partial charge on any atom is -0.481 e. The van der Waals surface area contributed by atoms with Gasteiger partial charge in [-0.1, -0.05) is 19.8 Å². The van der Waals surface area contributed by atoms with Crippen LogP contribution < -0.4 is 5.73 Å². The number of hydrogen-bond donors (Lipinski definition) is 2. The second-order valence-electron chi connectivity index (χ2n) is 4.28. The first-order valence-corrected chi connectivity index (χ1v) is 5.07. The fourth-order valence-corrected chi connectivity index (χ4v) is 2.08. The van der Waals surface area contributed by atoms with E-state index in [1.807, 2.05) is 0 Å². The minimum atomic E-state index is -0.772. The van der Waals surface area contributed by atoms with Crippen molar-refractivity contribution in [3.05, 3.63) is 0 Å². The Labute approximate surface area is 79.3 Å². The number of aliphatic carboxylic acids is 1. The molecule has 1 atom stereocenters. The smallest absolute Gasteiger partial charge is 0.304 e. The first kappa shape index (κ1) is 10.5. The normalized spacial score (nSPS) is 31.2. The molecule has 3 heteroatoms. The van der Waals surface area contributed by atoms with Gasteiger partial charge in [-0.05, 0) is 24.7 Å². The van der Waals surface area contributed by atoms with Crippen LogP contribution >= 0.6 is 0 Å². The summed E-state index contributed by atoms with van der Waals surface area (Å²) in [6.07, 6.45) is 4.75. The zero-order valence-corrected chi connectivity index (χ0v) is 8.20. The number of carboxylic acids is 1. The lowest BCUT2D eigenvalue weighted by Crippen LogP contribution is -2.34. The Morgan fingerprint density at radius 2 is 2.00 bits per heavy atom. The predicted octanol–water partition coefficient (Wildman–Crippen LogP) is 1.61. The van der Waals surface area contributed by atoms with Gasteiger partial charge in [-0.3, -0.25) is 4.79 Å². The summed E-state index contributed by atoms with van der Waals surface area (Å²) in [6.45, 7) is 2.25. The Bertz CT molecular complexity index is 174. The molecule has 1 fully saturated rings. The quantitative estimate of drug-likeness (QED) is 0.702. The number of carboxylic acid groups (broad SMARTS) is 1. The van der Waals surface area contributed by atoms with E-state index in [4.69, 9.17) is 10.8 Å². The number of hydrogen-bond acceptors (Lipinski definition) is 2. The van der Waals surface area contributed by atoms with Crippen LogP contribution in [0.5, 0.6) is 0 Å². The van der Waals surface area contributed by atoms with Gasteiger partial charge < -0.3 is 10.8 Å². The molecule has 0 saturated heterocycles. The maximum atomic E-state index is 10.4. The van der Waals surface area contributed by atoms with Crippen LogP contribution in [0.4, 0.5) is 0 Å². The third-order valence-corrected chi connectivity index (χ3v) is 3.08. The first-order valence-electron chi connectivity index (χ1n) is 5.07. The molecule has 13 heavy (non-hydrogen) atoms. The highest BCUT2D eigenvalue weighted by Crippen LogP contribution is 2.30. The van der Waals surface area contributed by atoms with E-state index < -0.39 is 5.97 Å². The zero-order valence-electron chi connectivity index (χ0n) is 8.20. The van der Waals surface area contributed by atoms with E-state index in [0.29, 0.717) is 5.92 Å². The van der Waals surface area contributed by atoms with Crippen molar-refractivity contribution in [3.63, 3.8) is 0 Å². The summed E-state index contributed by atoms with van der Waals surface area (Å²) < 4.78 is 0. The van der Waals surface area contributed by atoms with Crippen molar-refractivity contribution in [2.45, 2.75) is 45.1 Å². The van der Waals surface area contributed by atoms with Gasteiger partial charge in [0.2, 0.25) is 0 Å². The molecule has 1 aliphatic carbocycles. The number of rotatable bonds is 3. The molecule has 0 aromatic carbocycles. The fraction of sp³-hybridized carbons (Fsp3) is 0.900. The number of carbonyl (C=O) groups is 1. The van der Waals surface area contributed by atoms with Crippen LogP contribution in [0.1, 0.15) is 39.0 Å². The van der Waals surface area contributed by atoms with E-state index in [1.54, 1.807) is 0 Å². The molecular weight excluding hydrogens is 166 g/mol. The van der Waals surface area contributed by atoms with Gasteiger partial charge in [0.1, 0.15) is 0 Å². The highest BCUT2D eigenvalue weighted by Gasteiger charge is 2.24. The van der Waals surface area contributed by atoms with Crippen LogP contribution in [0.2, 0.25) is 0 Å². The van der Waals surface area contributed by atoms with Gasteiger partial charge >= 0.3 is 5.97 Å². The molecule has 0 spiro atoms. The minimum absolute atomic E-state index is 0.124. The Kier molecular flexibility index (Phi) is 3.72. The highest BCUT2D eigenvalue weighted by atomic mass is 16.4. The van der Waals surface area contributed by atoms with E-state index in [9.17, 15) is 4.79 Å². The van der Waals surface area contributed by atoms with E-state index in [0.717, 1.165) is 18.8 Å². The van der Waals surface area contributed by atoms with Gasteiger partial charge in [-0.15, -0.1) is 0 Å². The van der Waals surface area contributed by atoms with Crippen LogP contribution in [0, 0.1) is 11.8 Å². The zero-order chi connectivity index (χ0) is 9.84. The van der Waals surface area contributed by atoms with E-state index in [-0.39, 0.29) is 12.5 Å². The molecule has 3 nitrogen and oxygen atoms in total. The molecule has 0 unspecified atom stereocenters. The average Bonchev–Trinajstić information content (AvgIpc) is 2.04. The Hall–Kier alpha value is -0.570. The van der Waals surface area contributed by atoms with Crippen molar-refractivity contribution in [2.24, 2.45) is 17.6 Å². The summed E-state index contributed by atoms with van der Waals surface area (Å²) in [5.74, 6) is 0.465. The number of nitrogens with two attached hydrogens (primary N) is 1. The standard InChI is InChI=1S/C10H19NO2/c1-7-2-4-8(5-3-7)9(11)6-10(12)13/h7-9H,2-6,11H2,1H3,(H,12,13)/t7?,8?,9-/m0/s1. The highest BCUT2D eigenvalue weighted by molar-refractivity contribution is 5.67. The molecule has 1 rings (SSSR count). The molecule has 76 valence electrons. The third kappa shape index (κ3) is 3.35. The van der Waals surface area contributed by atoms with Crippen molar-refractivity contribution in [1.29, 1.82) is 0 Å². The van der Waals surface area contributed by atoms with Crippen LogP contribution in [-0.2, 0) is 4.79 Å². The third-order valence-electron chi connectivity index (χ3n) is 3.08. The summed E-state index contributed by atoms with van der Waals surface area (Å²) in [7, 11) is 0. The molecule has 0 aliphatic heterocycles. The van der Waals surface area contributed by atoms with Crippen molar-refractivity contribution in [2.75, 3.05) is 0 Å². The molecule has 0 aromatic rings. The van der Waals surface area contributed by atoms with E-state index in [2.05, 4.69) is 6.92 Å². The maximum absolute atomic E-state index is 10.4. The summed E-state index contributed by atoms with van der Waals surface area (Å²) in [4.78, 5) is 10.4. The van der Waals surface area contributed by atoms with E-state index >= 15 is 0 Å². The monoisotopic (exact) mass is 185 g/mol. The summed E-state index contributed by atoms with van der Waals surface area (Å²) in [5.41, 5.74) is 5.81. The maximum Gasteiger partial charge on any atom is 0.304 e. The fourth-order valence-electron chi connectivity index (χ4n) is 2.08. The van der Waals surface area contributed by atoms with Gasteiger partial charge in [0.05, 0.1) is 6.42 Å². The largest absolute Gasteiger partial charge is 0.481 e. The molecule has 0 amide bonds. The van der Waals surface area contributed by atoms with E-state index in [1.165, 1.54) is 12.8 Å². The summed E-state index contributed by atoms with van der Waals surface area (Å²) in [6, 6.07) is -0.134. The molecular formula is C10H19NO2. The van der Waals surface area contributed by atoms with Crippen molar-refractivity contribution >= 4 is 5.97 Å². The second-order valence-corrected chi connectivity index (χ2v) is 4.28. The molecule has 0 heterocycles. The Morgan fingerprint density at radius 1 is 1.46 bits per heavy atom. The van der Waals surface area contributed by atoms with Crippen LogP contribution in [0.25, 0.3) is 0 Å². The molecule has 0 radical (unpaired) electrons. The van der Waals surface area contributed by atoms with Crippen molar-refractivity contribution in [1.82, 2.24) is 0 Å². The second kappa shape index (κ2) is 4.61. The molecule has 0 aromatic heterocycles. The Morgan fingerprint density at radius 3 is 2.46 bits per heavy atom. The van der Waals surface area contributed by atoms with Crippen molar-refractivity contribution in [3.8, 4) is 0 Å². The van der Waals surface area contributed by atoms with Crippen LogP contribution in [-0.4, -0.2) is 17.1 Å². The molecule has 1 aliphatic rings. The summed E-state index contributed by atoms with van der Waals surface area (Å²) >= 11 is 0. The Balaban J connectivity index is 2.31.